The molecule has 3 saturated carbocycles. The van der Waals surface area contributed by atoms with Gasteiger partial charge in [0.2, 0.25) is 5.91 Å². The van der Waals surface area contributed by atoms with Crippen LogP contribution in [-0.2, 0) is 16.1 Å². The van der Waals surface area contributed by atoms with Gasteiger partial charge in [0.15, 0.2) is 6.61 Å². The largest absolute Gasteiger partial charge is 0.484 e. The Balaban J connectivity index is 1.26. The van der Waals surface area contributed by atoms with Gasteiger partial charge < -0.3 is 15.4 Å². The number of benzene rings is 2. The number of hydrogen-bond acceptors (Lipinski definition) is 3. The minimum absolute atomic E-state index is 0.0118. The molecule has 31 heavy (non-hydrogen) atoms. The summed E-state index contributed by atoms with van der Waals surface area (Å²) >= 11 is 5.64. The third-order valence-corrected chi connectivity index (χ3v) is 6.49. The molecule has 2 aromatic rings. The van der Waals surface area contributed by atoms with E-state index in [1.807, 2.05) is 0 Å². The third kappa shape index (κ3) is 5.15. The fourth-order valence-corrected chi connectivity index (χ4v) is 4.53. The zero-order valence-corrected chi connectivity index (χ0v) is 17.5. The lowest BCUT2D eigenvalue weighted by atomic mass is 9.57. The molecule has 5 rings (SSSR count). The maximum absolute atomic E-state index is 13.5. The summed E-state index contributed by atoms with van der Waals surface area (Å²) in [5, 5.41) is 5.88. The first kappa shape index (κ1) is 21.6. The summed E-state index contributed by atoms with van der Waals surface area (Å²) in [5.41, 5.74) is 0.831. The molecule has 3 aliphatic carbocycles. The molecule has 1 unspecified atom stereocenters. The van der Waals surface area contributed by atoms with E-state index in [-0.39, 0.29) is 47.0 Å². The Morgan fingerprint density at radius 3 is 2.48 bits per heavy atom. The van der Waals surface area contributed by atoms with Crippen molar-refractivity contribution in [1.29, 1.82) is 0 Å². The predicted molar refractivity (Wildman–Crippen MR) is 111 cm³/mol. The predicted octanol–water partition coefficient (Wildman–Crippen LogP) is 3.84. The number of fused-ring (bicyclic) bond motifs is 2. The molecule has 0 radical (unpaired) electrons. The summed E-state index contributed by atoms with van der Waals surface area (Å²) in [4.78, 5) is 25.0. The van der Waals surface area contributed by atoms with Gasteiger partial charge in [-0.25, -0.2) is 8.78 Å². The molecule has 5 nitrogen and oxygen atoms in total. The Morgan fingerprint density at radius 1 is 1.03 bits per heavy atom. The van der Waals surface area contributed by atoms with Crippen LogP contribution in [0.25, 0.3) is 0 Å². The van der Waals surface area contributed by atoms with Crippen molar-refractivity contribution in [3.05, 3.63) is 64.7 Å². The Hall–Kier alpha value is -2.67. The molecule has 2 aromatic carbocycles. The van der Waals surface area contributed by atoms with Crippen LogP contribution < -0.4 is 15.4 Å². The van der Waals surface area contributed by atoms with Gasteiger partial charge in [-0.15, -0.1) is 0 Å². The van der Waals surface area contributed by atoms with E-state index >= 15 is 0 Å². The van der Waals surface area contributed by atoms with Crippen molar-refractivity contribution in [1.82, 2.24) is 10.6 Å². The van der Waals surface area contributed by atoms with Crippen molar-refractivity contribution in [2.75, 3.05) is 6.61 Å². The maximum atomic E-state index is 13.5. The van der Waals surface area contributed by atoms with E-state index in [2.05, 4.69) is 10.6 Å². The molecular formula is C23H23ClF2N2O3. The number of halogens is 3. The van der Waals surface area contributed by atoms with Gasteiger partial charge in [0, 0.05) is 24.6 Å². The van der Waals surface area contributed by atoms with Gasteiger partial charge in [0.1, 0.15) is 17.4 Å². The van der Waals surface area contributed by atoms with Gasteiger partial charge in [0.25, 0.3) is 5.91 Å². The van der Waals surface area contributed by atoms with Crippen LogP contribution in [0.1, 0.15) is 24.8 Å². The fourth-order valence-electron chi connectivity index (χ4n) is 4.41. The van der Waals surface area contributed by atoms with Gasteiger partial charge in [-0.3, -0.25) is 9.59 Å². The quantitative estimate of drug-likeness (QED) is 0.676. The first-order valence-corrected chi connectivity index (χ1v) is 10.7. The van der Waals surface area contributed by atoms with E-state index in [0.717, 1.165) is 24.5 Å². The number of carbonyl (C=O) groups excluding carboxylic acids is 2. The van der Waals surface area contributed by atoms with Crippen molar-refractivity contribution in [3.63, 3.8) is 0 Å². The summed E-state index contributed by atoms with van der Waals surface area (Å²) < 4.78 is 31.8. The van der Waals surface area contributed by atoms with Crippen LogP contribution in [-0.4, -0.2) is 24.5 Å². The summed E-state index contributed by atoms with van der Waals surface area (Å²) in [6.07, 6.45) is 2.39. The zero-order valence-electron chi connectivity index (χ0n) is 16.7. The zero-order chi connectivity index (χ0) is 22.0. The molecule has 0 saturated heterocycles. The van der Waals surface area contributed by atoms with Gasteiger partial charge in [0.05, 0.1) is 5.02 Å². The topological polar surface area (TPSA) is 67.4 Å². The average Bonchev–Trinajstić information content (AvgIpc) is 2.73. The molecule has 0 spiro atoms. The van der Waals surface area contributed by atoms with Crippen molar-refractivity contribution < 1.29 is 23.1 Å². The SMILES string of the molecule is O=C(COc1ccc(Cl)c(F)c1)NC1C[C@@H](C(=O)NCc2ccc(F)cc2)C2CC1C2. The molecule has 3 aliphatic rings. The number of hydrogen-bond donors (Lipinski definition) is 2. The van der Waals surface area contributed by atoms with Crippen LogP contribution in [0.5, 0.6) is 5.75 Å². The lowest BCUT2D eigenvalue weighted by molar-refractivity contribution is -0.136. The van der Waals surface area contributed by atoms with E-state index < -0.39 is 5.82 Å². The molecule has 8 heteroatoms. The van der Waals surface area contributed by atoms with Crippen molar-refractivity contribution in [3.8, 4) is 5.75 Å². The lowest BCUT2D eigenvalue weighted by Gasteiger charge is -2.50. The van der Waals surface area contributed by atoms with E-state index in [1.165, 1.54) is 24.3 Å². The maximum Gasteiger partial charge on any atom is 0.258 e. The van der Waals surface area contributed by atoms with E-state index in [9.17, 15) is 18.4 Å². The van der Waals surface area contributed by atoms with Gasteiger partial charge in [-0.05, 0) is 60.9 Å². The smallest absolute Gasteiger partial charge is 0.258 e. The number of rotatable bonds is 7. The molecule has 0 aliphatic heterocycles. The molecule has 0 heterocycles. The highest BCUT2D eigenvalue weighted by Gasteiger charge is 2.48. The standard InChI is InChI=1S/C23H23ClF2N2O3/c24-19-6-5-17(9-20(19)26)31-12-22(29)28-21-10-18(14-7-15(21)8-14)23(30)27-11-13-1-3-16(25)4-2-13/h1-6,9,14-15,18,21H,7-8,10-12H2,(H,27,30)(H,28,29)/t14?,15?,18-,21?/m1/s1. The number of amides is 2. The van der Waals surface area contributed by atoms with Crippen molar-refractivity contribution >= 4 is 23.4 Å². The van der Waals surface area contributed by atoms with Crippen molar-refractivity contribution in [2.24, 2.45) is 17.8 Å². The molecule has 2 amide bonds. The van der Waals surface area contributed by atoms with E-state index in [0.29, 0.717) is 24.8 Å². The number of ether oxygens (including phenoxy) is 1. The van der Waals surface area contributed by atoms with Gasteiger partial charge >= 0.3 is 0 Å². The lowest BCUT2D eigenvalue weighted by Crippen LogP contribution is -2.56. The Kier molecular flexibility index (Phi) is 6.41. The second-order valence-corrected chi connectivity index (χ2v) is 8.62. The molecule has 3 fully saturated rings. The monoisotopic (exact) mass is 448 g/mol. The number of carbonyl (C=O) groups is 2. The molecule has 164 valence electrons. The second kappa shape index (κ2) is 9.22. The van der Waals surface area contributed by atoms with Crippen LogP contribution >= 0.6 is 11.6 Å². The first-order chi connectivity index (χ1) is 14.9. The molecule has 2 atom stereocenters. The molecule has 2 bridgehead atoms. The Bertz CT molecular complexity index is 964. The highest BCUT2D eigenvalue weighted by atomic mass is 35.5. The van der Waals surface area contributed by atoms with Crippen LogP contribution in [0.3, 0.4) is 0 Å². The van der Waals surface area contributed by atoms with E-state index in [1.54, 1.807) is 12.1 Å². The second-order valence-electron chi connectivity index (χ2n) is 8.22. The molecule has 0 aromatic heterocycles. The Morgan fingerprint density at radius 2 is 1.77 bits per heavy atom. The summed E-state index contributed by atoms with van der Waals surface area (Å²) in [7, 11) is 0. The fraction of sp³-hybridized carbons (Fsp3) is 0.391. The van der Waals surface area contributed by atoms with Crippen molar-refractivity contribution in [2.45, 2.75) is 31.8 Å². The summed E-state index contributed by atoms with van der Waals surface area (Å²) in [5.74, 6) is -0.517. The summed E-state index contributed by atoms with van der Waals surface area (Å²) in [6, 6.07) is 9.93. The Labute approximate surface area is 184 Å². The number of nitrogens with one attached hydrogen (secondary N) is 2. The van der Waals surface area contributed by atoms with Crippen LogP contribution in [0, 0.1) is 29.4 Å². The normalized spacial score (nSPS) is 24.1. The first-order valence-electron chi connectivity index (χ1n) is 10.3. The minimum Gasteiger partial charge on any atom is -0.484 e. The average molecular weight is 449 g/mol. The third-order valence-electron chi connectivity index (χ3n) is 6.18. The van der Waals surface area contributed by atoms with Gasteiger partial charge in [-0.1, -0.05) is 23.7 Å². The van der Waals surface area contributed by atoms with Crippen LogP contribution in [0.2, 0.25) is 5.02 Å². The van der Waals surface area contributed by atoms with Gasteiger partial charge in [-0.2, -0.15) is 0 Å². The highest BCUT2D eigenvalue weighted by Crippen LogP contribution is 2.49. The molecule has 2 N–H and O–H groups in total. The van der Waals surface area contributed by atoms with Crippen LogP contribution in [0.4, 0.5) is 8.78 Å². The highest BCUT2D eigenvalue weighted by molar-refractivity contribution is 6.30. The molecular weight excluding hydrogens is 426 g/mol. The van der Waals surface area contributed by atoms with E-state index in [4.69, 9.17) is 16.3 Å². The summed E-state index contributed by atoms with van der Waals surface area (Å²) in [6.45, 7) is 0.101. The minimum atomic E-state index is -0.609. The van der Waals surface area contributed by atoms with Crippen LogP contribution in [0.15, 0.2) is 42.5 Å².